The summed E-state index contributed by atoms with van der Waals surface area (Å²) in [5.41, 5.74) is 1.15. The molecule has 1 aliphatic rings. The van der Waals surface area contributed by atoms with Crippen molar-refractivity contribution in [1.29, 1.82) is 0 Å². The molecule has 1 saturated heterocycles. The van der Waals surface area contributed by atoms with E-state index in [1.54, 1.807) is 54.6 Å². The summed E-state index contributed by atoms with van der Waals surface area (Å²) in [5, 5.41) is 21.6. The number of hydrogen-bond donors (Lipinski definition) is 2. The van der Waals surface area contributed by atoms with Gasteiger partial charge in [0, 0.05) is 16.3 Å². The summed E-state index contributed by atoms with van der Waals surface area (Å²) in [5.74, 6) is -1.32. The fourth-order valence-electron chi connectivity index (χ4n) is 3.78. The van der Waals surface area contributed by atoms with Crippen molar-refractivity contribution in [2.45, 2.75) is 6.04 Å². The Balaban J connectivity index is 1.94. The van der Waals surface area contributed by atoms with Crippen LogP contribution in [0.4, 0.5) is 5.69 Å². The Morgan fingerprint density at radius 3 is 2.21 bits per heavy atom. The molecule has 1 amide bonds. The predicted molar refractivity (Wildman–Crippen MR) is 124 cm³/mol. The number of amides is 1. The summed E-state index contributed by atoms with van der Waals surface area (Å²) in [7, 11) is 2.92. The molecule has 8 heteroatoms. The van der Waals surface area contributed by atoms with Gasteiger partial charge in [-0.2, -0.15) is 0 Å². The Labute approximate surface area is 195 Å². The number of benzene rings is 3. The van der Waals surface area contributed by atoms with Gasteiger partial charge in [-0.25, -0.2) is 0 Å². The Morgan fingerprint density at radius 1 is 0.939 bits per heavy atom. The van der Waals surface area contributed by atoms with Gasteiger partial charge in [0.15, 0.2) is 11.5 Å². The standard InChI is InChI=1S/C25H20ClNO6/c1-32-18-10-8-17(9-11-18)27-22(15-5-12-19(28)20(13-15)33-2)21(24(30)25(27)31)23(29)14-3-6-16(26)7-4-14/h3-13,22,28-29H,1-2H3/b23-21-. The van der Waals surface area contributed by atoms with Crippen molar-refractivity contribution in [1.82, 2.24) is 0 Å². The van der Waals surface area contributed by atoms with Crippen molar-refractivity contribution in [3.8, 4) is 17.2 Å². The van der Waals surface area contributed by atoms with Gasteiger partial charge < -0.3 is 19.7 Å². The van der Waals surface area contributed by atoms with Crippen LogP contribution in [0.1, 0.15) is 17.2 Å². The zero-order valence-electron chi connectivity index (χ0n) is 17.8. The topological polar surface area (TPSA) is 96.3 Å². The van der Waals surface area contributed by atoms with Crippen LogP contribution in [0.2, 0.25) is 5.02 Å². The SMILES string of the molecule is COc1ccc(N2C(=O)C(=O)/C(=C(\O)c3ccc(Cl)cc3)C2c2ccc(O)c(OC)c2)cc1. The molecule has 1 aliphatic heterocycles. The van der Waals surface area contributed by atoms with Crippen LogP contribution < -0.4 is 14.4 Å². The number of nitrogens with zero attached hydrogens (tertiary/aromatic N) is 1. The lowest BCUT2D eigenvalue weighted by atomic mass is 9.94. The van der Waals surface area contributed by atoms with E-state index in [1.165, 1.54) is 31.3 Å². The molecular formula is C25H20ClNO6. The third-order valence-corrected chi connectivity index (χ3v) is 5.68. The second-order valence-electron chi connectivity index (χ2n) is 7.31. The third kappa shape index (κ3) is 3.99. The number of anilines is 1. The number of aliphatic hydroxyl groups is 1. The van der Waals surface area contributed by atoms with Gasteiger partial charge in [-0.15, -0.1) is 0 Å². The van der Waals surface area contributed by atoms with E-state index in [4.69, 9.17) is 21.1 Å². The van der Waals surface area contributed by atoms with E-state index in [0.717, 1.165) is 0 Å². The smallest absolute Gasteiger partial charge is 0.300 e. The van der Waals surface area contributed by atoms with Gasteiger partial charge in [-0.05, 0) is 66.2 Å². The van der Waals surface area contributed by atoms with Crippen molar-refractivity contribution in [2.75, 3.05) is 19.1 Å². The number of rotatable bonds is 5. The van der Waals surface area contributed by atoms with E-state index in [9.17, 15) is 19.8 Å². The van der Waals surface area contributed by atoms with Crippen molar-refractivity contribution in [3.05, 3.63) is 88.5 Å². The summed E-state index contributed by atoms with van der Waals surface area (Å²) in [6.45, 7) is 0. The first kappa shape index (κ1) is 22.2. The first-order chi connectivity index (χ1) is 15.8. The number of ether oxygens (including phenoxy) is 2. The molecule has 1 atom stereocenters. The lowest BCUT2D eigenvalue weighted by Crippen LogP contribution is -2.29. The van der Waals surface area contributed by atoms with E-state index >= 15 is 0 Å². The maximum atomic E-state index is 13.2. The van der Waals surface area contributed by atoms with Gasteiger partial charge in [0.2, 0.25) is 0 Å². The minimum absolute atomic E-state index is 0.0918. The van der Waals surface area contributed by atoms with Crippen LogP contribution >= 0.6 is 11.6 Å². The van der Waals surface area contributed by atoms with Crippen LogP contribution in [0.15, 0.2) is 72.3 Å². The Bertz CT molecular complexity index is 1250. The Kier molecular flexibility index (Phi) is 5.98. The molecule has 0 aliphatic carbocycles. The number of methoxy groups -OCH3 is 2. The van der Waals surface area contributed by atoms with Crippen LogP contribution in [-0.4, -0.2) is 36.1 Å². The molecule has 0 bridgehead atoms. The van der Waals surface area contributed by atoms with E-state index in [1.807, 2.05) is 0 Å². The van der Waals surface area contributed by atoms with Crippen LogP contribution in [0.5, 0.6) is 17.2 Å². The number of phenolic OH excluding ortho intramolecular Hbond substituents is 1. The molecule has 0 radical (unpaired) electrons. The van der Waals surface area contributed by atoms with Gasteiger partial charge in [0.1, 0.15) is 11.5 Å². The fourth-order valence-corrected chi connectivity index (χ4v) is 3.91. The summed E-state index contributed by atoms with van der Waals surface area (Å²) in [6, 6.07) is 16.5. The quantitative estimate of drug-likeness (QED) is 0.322. The number of Topliss-reactive ketones (excluding diaryl/α,β-unsaturated/α-hetero) is 1. The van der Waals surface area contributed by atoms with Crippen LogP contribution in [-0.2, 0) is 9.59 Å². The predicted octanol–water partition coefficient (Wildman–Crippen LogP) is 4.69. The molecule has 0 saturated carbocycles. The highest BCUT2D eigenvalue weighted by Gasteiger charge is 2.47. The van der Waals surface area contributed by atoms with Crippen LogP contribution in [0.25, 0.3) is 5.76 Å². The van der Waals surface area contributed by atoms with Crippen LogP contribution in [0, 0.1) is 0 Å². The maximum Gasteiger partial charge on any atom is 0.300 e. The highest BCUT2D eigenvalue weighted by Crippen LogP contribution is 2.44. The third-order valence-electron chi connectivity index (χ3n) is 5.43. The average molecular weight is 466 g/mol. The number of aromatic hydroxyl groups is 1. The largest absolute Gasteiger partial charge is 0.507 e. The zero-order valence-corrected chi connectivity index (χ0v) is 18.5. The summed E-state index contributed by atoms with van der Waals surface area (Å²) >= 11 is 5.95. The van der Waals surface area contributed by atoms with Gasteiger partial charge in [0.05, 0.1) is 25.8 Å². The minimum Gasteiger partial charge on any atom is -0.507 e. The molecule has 33 heavy (non-hydrogen) atoms. The van der Waals surface area contributed by atoms with E-state index < -0.39 is 17.7 Å². The molecule has 0 spiro atoms. The molecule has 7 nitrogen and oxygen atoms in total. The summed E-state index contributed by atoms with van der Waals surface area (Å²) < 4.78 is 10.4. The Hall–Kier alpha value is -3.97. The first-order valence-corrected chi connectivity index (χ1v) is 10.3. The highest BCUT2D eigenvalue weighted by molar-refractivity contribution is 6.51. The minimum atomic E-state index is -0.969. The number of carbonyl (C=O) groups is 2. The van der Waals surface area contributed by atoms with Gasteiger partial charge in [-0.1, -0.05) is 17.7 Å². The molecule has 1 fully saturated rings. The number of phenols is 1. The Morgan fingerprint density at radius 2 is 1.61 bits per heavy atom. The second kappa shape index (κ2) is 8.88. The molecule has 3 aromatic rings. The van der Waals surface area contributed by atoms with Crippen molar-refractivity contribution >= 4 is 34.7 Å². The maximum absolute atomic E-state index is 13.2. The number of ketones is 1. The molecule has 0 aromatic heterocycles. The summed E-state index contributed by atoms with van der Waals surface area (Å²) in [6.07, 6.45) is 0. The highest BCUT2D eigenvalue weighted by atomic mass is 35.5. The summed E-state index contributed by atoms with van der Waals surface area (Å²) in [4.78, 5) is 27.6. The lowest BCUT2D eigenvalue weighted by molar-refractivity contribution is -0.132. The number of aliphatic hydroxyl groups excluding tert-OH is 1. The number of halogens is 1. The molecule has 1 heterocycles. The van der Waals surface area contributed by atoms with Gasteiger partial charge in [0.25, 0.3) is 11.7 Å². The lowest BCUT2D eigenvalue weighted by Gasteiger charge is -2.26. The molecular weight excluding hydrogens is 446 g/mol. The zero-order chi connectivity index (χ0) is 23.7. The monoisotopic (exact) mass is 465 g/mol. The number of hydrogen-bond acceptors (Lipinski definition) is 6. The molecule has 4 rings (SSSR count). The van der Waals surface area contributed by atoms with E-state index in [0.29, 0.717) is 27.6 Å². The van der Waals surface area contributed by atoms with E-state index in [2.05, 4.69) is 0 Å². The molecule has 1 unspecified atom stereocenters. The molecule has 3 aromatic carbocycles. The normalized spacial score (nSPS) is 17.3. The molecule has 168 valence electrons. The first-order valence-electron chi connectivity index (χ1n) is 9.93. The van der Waals surface area contributed by atoms with Gasteiger partial charge in [-0.3, -0.25) is 14.5 Å². The van der Waals surface area contributed by atoms with Crippen molar-refractivity contribution < 1.29 is 29.3 Å². The number of carbonyl (C=O) groups excluding carboxylic acids is 2. The average Bonchev–Trinajstić information content (AvgIpc) is 3.10. The molecule has 2 N–H and O–H groups in total. The van der Waals surface area contributed by atoms with Crippen LogP contribution in [0.3, 0.4) is 0 Å². The van der Waals surface area contributed by atoms with Gasteiger partial charge >= 0.3 is 0 Å². The van der Waals surface area contributed by atoms with E-state index in [-0.39, 0.29) is 22.8 Å². The van der Waals surface area contributed by atoms with Crippen molar-refractivity contribution in [3.63, 3.8) is 0 Å². The van der Waals surface area contributed by atoms with Crippen molar-refractivity contribution in [2.24, 2.45) is 0 Å². The fraction of sp³-hybridized carbons (Fsp3) is 0.120. The second-order valence-corrected chi connectivity index (χ2v) is 7.74.